The van der Waals surface area contributed by atoms with E-state index in [0.717, 1.165) is 23.3 Å². The van der Waals surface area contributed by atoms with E-state index in [-0.39, 0.29) is 23.6 Å². The molecule has 3 N–H and O–H groups in total. The van der Waals surface area contributed by atoms with Gasteiger partial charge in [0.05, 0.1) is 25.8 Å². The van der Waals surface area contributed by atoms with E-state index in [4.69, 9.17) is 9.47 Å². The van der Waals surface area contributed by atoms with Crippen LogP contribution in [0.25, 0.3) is 0 Å². The SMILES string of the molecule is COc1ccc(C[C@H](NC(C)C)C(=O)N[C@@H](Cc2ccccc2)C(=O)N[C@@H](CCC(C)C)C(=O)[C@@]2(C)CO2)cc1. The lowest BCUT2D eigenvalue weighted by atomic mass is 9.93. The predicted molar refractivity (Wildman–Crippen MR) is 156 cm³/mol. The van der Waals surface area contributed by atoms with Gasteiger partial charge < -0.3 is 25.4 Å². The molecule has 1 fully saturated rings. The maximum absolute atomic E-state index is 13.7. The first-order chi connectivity index (χ1) is 19.0. The molecule has 2 amide bonds. The third-order valence-corrected chi connectivity index (χ3v) is 7.13. The Morgan fingerprint density at radius 3 is 1.93 bits per heavy atom. The van der Waals surface area contributed by atoms with Gasteiger partial charge in [-0.25, -0.2) is 0 Å². The van der Waals surface area contributed by atoms with Crippen LogP contribution in [0.15, 0.2) is 54.6 Å². The number of hydrogen-bond donors (Lipinski definition) is 3. The molecule has 0 unspecified atom stereocenters. The van der Waals surface area contributed by atoms with Gasteiger partial charge in [0.2, 0.25) is 11.8 Å². The minimum Gasteiger partial charge on any atom is -0.497 e. The van der Waals surface area contributed by atoms with Crippen LogP contribution in [0, 0.1) is 5.92 Å². The maximum Gasteiger partial charge on any atom is 0.243 e. The number of Topliss-reactive ketones (excluding diaryl/α,β-unsaturated/α-hetero) is 1. The Kier molecular flexibility index (Phi) is 11.3. The van der Waals surface area contributed by atoms with Crippen LogP contribution in [0.5, 0.6) is 5.75 Å². The summed E-state index contributed by atoms with van der Waals surface area (Å²) in [6.07, 6.45) is 2.04. The number of carbonyl (C=O) groups excluding carboxylic acids is 3. The zero-order valence-electron chi connectivity index (χ0n) is 24.7. The molecule has 2 aromatic carbocycles. The number of benzene rings is 2. The first-order valence-corrected chi connectivity index (χ1v) is 14.2. The average molecular weight is 552 g/mol. The fraction of sp³-hybridized carbons (Fsp3) is 0.531. The van der Waals surface area contributed by atoms with E-state index in [9.17, 15) is 14.4 Å². The molecule has 4 atom stereocenters. The van der Waals surface area contributed by atoms with Crippen LogP contribution in [0.3, 0.4) is 0 Å². The molecule has 8 nitrogen and oxygen atoms in total. The topological polar surface area (TPSA) is 109 Å². The van der Waals surface area contributed by atoms with Crippen molar-refractivity contribution in [3.05, 3.63) is 65.7 Å². The van der Waals surface area contributed by atoms with Crippen molar-refractivity contribution in [1.29, 1.82) is 0 Å². The molecule has 1 heterocycles. The maximum atomic E-state index is 13.7. The summed E-state index contributed by atoms with van der Waals surface area (Å²) in [5.74, 6) is 0.346. The van der Waals surface area contributed by atoms with E-state index in [2.05, 4.69) is 29.8 Å². The van der Waals surface area contributed by atoms with Gasteiger partial charge in [-0.15, -0.1) is 0 Å². The lowest BCUT2D eigenvalue weighted by molar-refractivity contribution is -0.133. The lowest BCUT2D eigenvalue weighted by Crippen LogP contribution is -2.57. The third-order valence-electron chi connectivity index (χ3n) is 7.13. The third kappa shape index (κ3) is 9.45. The molecule has 1 aliphatic rings. The molecular formula is C32H45N3O5. The zero-order valence-corrected chi connectivity index (χ0v) is 24.7. The number of ketones is 1. The Morgan fingerprint density at radius 1 is 0.825 bits per heavy atom. The minimum absolute atomic E-state index is 0.0488. The van der Waals surface area contributed by atoms with Crippen molar-refractivity contribution in [2.75, 3.05) is 13.7 Å². The molecule has 2 aromatic rings. The van der Waals surface area contributed by atoms with Crippen molar-refractivity contribution in [3.63, 3.8) is 0 Å². The molecule has 0 radical (unpaired) electrons. The van der Waals surface area contributed by atoms with E-state index in [0.29, 0.717) is 31.8 Å². The normalized spacial score (nSPS) is 18.6. The lowest BCUT2D eigenvalue weighted by Gasteiger charge is -2.27. The van der Waals surface area contributed by atoms with E-state index >= 15 is 0 Å². The summed E-state index contributed by atoms with van der Waals surface area (Å²) in [5, 5.41) is 9.30. The Bertz CT molecular complexity index is 1110. The van der Waals surface area contributed by atoms with Crippen molar-refractivity contribution >= 4 is 17.6 Å². The second-order valence-electron chi connectivity index (χ2n) is 11.6. The number of ether oxygens (including phenoxy) is 2. The van der Waals surface area contributed by atoms with Crippen molar-refractivity contribution < 1.29 is 23.9 Å². The number of hydrogen-bond acceptors (Lipinski definition) is 6. The molecular weight excluding hydrogens is 506 g/mol. The van der Waals surface area contributed by atoms with Gasteiger partial charge in [0, 0.05) is 12.5 Å². The van der Waals surface area contributed by atoms with Crippen LogP contribution < -0.4 is 20.7 Å². The summed E-state index contributed by atoms with van der Waals surface area (Å²) >= 11 is 0. The molecule has 1 aliphatic heterocycles. The molecule has 3 rings (SSSR count). The van der Waals surface area contributed by atoms with Crippen molar-refractivity contribution in [1.82, 2.24) is 16.0 Å². The number of nitrogens with one attached hydrogen (secondary N) is 3. The van der Waals surface area contributed by atoms with E-state index < -0.39 is 23.7 Å². The molecule has 0 saturated carbocycles. The molecule has 0 aromatic heterocycles. The van der Waals surface area contributed by atoms with Gasteiger partial charge in [0.1, 0.15) is 17.4 Å². The monoisotopic (exact) mass is 551 g/mol. The Hall–Kier alpha value is -3.23. The first-order valence-electron chi connectivity index (χ1n) is 14.2. The number of rotatable bonds is 16. The van der Waals surface area contributed by atoms with Gasteiger partial charge in [-0.2, -0.15) is 0 Å². The predicted octanol–water partition coefficient (Wildman–Crippen LogP) is 3.61. The van der Waals surface area contributed by atoms with Crippen LogP contribution in [0.1, 0.15) is 58.6 Å². The van der Waals surface area contributed by atoms with Crippen molar-refractivity contribution in [2.24, 2.45) is 5.92 Å². The quantitative estimate of drug-likeness (QED) is 0.275. The van der Waals surface area contributed by atoms with Gasteiger partial charge in [-0.05, 0) is 55.4 Å². The molecule has 218 valence electrons. The van der Waals surface area contributed by atoms with E-state index in [1.54, 1.807) is 14.0 Å². The Morgan fingerprint density at radius 2 is 1.38 bits per heavy atom. The summed E-state index contributed by atoms with van der Waals surface area (Å²) in [4.78, 5) is 40.6. The molecule has 40 heavy (non-hydrogen) atoms. The number of carbonyl (C=O) groups is 3. The number of epoxide rings is 1. The highest BCUT2D eigenvalue weighted by Crippen LogP contribution is 2.29. The molecule has 8 heteroatoms. The fourth-order valence-corrected chi connectivity index (χ4v) is 4.62. The largest absolute Gasteiger partial charge is 0.497 e. The molecule has 1 saturated heterocycles. The standard InChI is InChI=1S/C32H45N3O5/c1-21(2)12-17-26(29(36)32(5)20-40-32)34-31(38)28(18-23-10-8-7-9-11-23)35-30(37)27(33-22(3)4)19-24-13-15-25(39-6)16-14-24/h7-11,13-16,21-22,26-28,33H,12,17-20H2,1-6H3,(H,34,38)(H,35,37)/t26-,27-,28-,32+/m0/s1. The molecule has 0 aliphatic carbocycles. The number of amides is 2. The summed E-state index contributed by atoms with van der Waals surface area (Å²) in [7, 11) is 1.61. The van der Waals surface area contributed by atoms with Gasteiger partial charge in [-0.1, -0.05) is 70.2 Å². The van der Waals surface area contributed by atoms with Crippen LogP contribution in [-0.4, -0.2) is 61.1 Å². The highest BCUT2D eigenvalue weighted by atomic mass is 16.6. The second kappa shape index (κ2) is 14.4. The van der Waals surface area contributed by atoms with Crippen molar-refractivity contribution in [3.8, 4) is 5.75 Å². The van der Waals surface area contributed by atoms with E-state index in [1.165, 1.54) is 0 Å². The number of methoxy groups -OCH3 is 1. The smallest absolute Gasteiger partial charge is 0.243 e. The second-order valence-corrected chi connectivity index (χ2v) is 11.6. The molecule has 0 spiro atoms. The van der Waals surface area contributed by atoms with Crippen LogP contribution in [0.4, 0.5) is 0 Å². The van der Waals surface area contributed by atoms with Crippen molar-refractivity contribution in [2.45, 2.75) is 90.1 Å². The van der Waals surface area contributed by atoms with Crippen LogP contribution in [0.2, 0.25) is 0 Å². The zero-order chi connectivity index (χ0) is 29.3. The van der Waals surface area contributed by atoms with Crippen LogP contribution >= 0.6 is 0 Å². The summed E-state index contributed by atoms with van der Waals surface area (Å²) in [5.41, 5.74) is 1.03. The summed E-state index contributed by atoms with van der Waals surface area (Å²) in [6, 6.07) is 15.1. The molecule has 0 bridgehead atoms. The first kappa shape index (κ1) is 31.3. The average Bonchev–Trinajstić information content (AvgIpc) is 3.68. The van der Waals surface area contributed by atoms with Gasteiger partial charge in [0.15, 0.2) is 5.78 Å². The van der Waals surface area contributed by atoms with Crippen LogP contribution in [-0.2, 0) is 32.0 Å². The van der Waals surface area contributed by atoms with E-state index in [1.807, 2.05) is 68.4 Å². The highest BCUT2D eigenvalue weighted by Gasteiger charge is 2.50. The Labute approximate surface area is 238 Å². The van der Waals surface area contributed by atoms with Gasteiger partial charge in [0.25, 0.3) is 0 Å². The minimum atomic E-state index is -0.857. The van der Waals surface area contributed by atoms with Gasteiger partial charge in [-0.3, -0.25) is 14.4 Å². The summed E-state index contributed by atoms with van der Waals surface area (Å²) < 4.78 is 10.7. The summed E-state index contributed by atoms with van der Waals surface area (Å²) in [6.45, 7) is 10.2. The fourth-order valence-electron chi connectivity index (χ4n) is 4.62. The highest BCUT2D eigenvalue weighted by molar-refractivity contribution is 5.98. The Balaban J connectivity index is 1.80. The van der Waals surface area contributed by atoms with Gasteiger partial charge >= 0.3 is 0 Å².